The van der Waals surface area contributed by atoms with Crippen LogP contribution in [0.1, 0.15) is 31.0 Å². The van der Waals surface area contributed by atoms with E-state index in [0.29, 0.717) is 18.2 Å². The SMILES string of the molecule is CC(C)n1cc(CNc2ccccc2C#N)cn1. The molecule has 92 valence electrons. The Labute approximate surface area is 107 Å². The molecule has 0 radical (unpaired) electrons. The zero-order chi connectivity index (χ0) is 13.0. The van der Waals surface area contributed by atoms with Crippen molar-refractivity contribution in [3.8, 4) is 6.07 Å². The van der Waals surface area contributed by atoms with E-state index >= 15 is 0 Å². The third-order valence-corrected chi connectivity index (χ3v) is 2.71. The van der Waals surface area contributed by atoms with Gasteiger partial charge in [-0.2, -0.15) is 10.4 Å². The Kier molecular flexibility index (Phi) is 3.63. The number of hydrogen-bond acceptors (Lipinski definition) is 3. The third-order valence-electron chi connectivity index (χ3n) is 2.71. The Morgan fingerprint density at radius 3 is 2.83 bits per heavy atom. The molecule has 0 aliphatic rings. The van der Waals surface area contributed by atoms with Crippen LogP contribution in [-0.4, -0.2) is 9.78 Å². The summed E-state index contributed by atoms with van der Waals surface area (Å²) in [6.07, 6.45) is 3.87. The van der Waals surface area contributed by atoms with Crippen LogP contribution in [0.5, 0.6) is 0 Å². The van der Waals surface area contributed by atoms with Crippen molar-refractivity contribution in [3.63, 3.8) is 0 Å². The van der Waals surface area contributed by atoms with Gasteiger partial charge in [-0.1, -0.05) is 12.1 Å². The van der Waals surface area contributed by atoms with Crippen molar-refractivity contribution >= 4 is 5.69 Å². The number of nitriles is 1. The van der Waals surface area contributed by atoms with Gasteiger partial charge in [-0.3, -0.25) is 4.68 Å². The highest BCUT2D eigenvalue weighted by Crippen LogP contribution is 2.15. The summed E-state index contributed by atoms with van der Waals surface area (Å²) in [5.74, 6) is 0. The molecule has 1 aromatic carbocycles. The third kappa shape index (κ3) is 2.69. The first-order chi connectivity index (χ1) is 8.70. The van der Waals surface area contributed by atoms with Crippen LogP contribution in [0.2, 0.25) is 0 Å². The highest BCUT2D eigenvalue weighted by atomic mass is 15.3. The average molecular weight is 240 g/mol. The summed E-state index contributed by atoms with van der Waals surface area (Å²) < 4.78 is 1.92. The fourth-order valence-electron chi connectivity index (χ4n) is 1.68. The summed E-state index contributed by atoms with van der Waals surface area (Å²) in [4.78, 5) is 0. The van der Waals surface area contributed by atoms with Crippen LogP contribution in [0.25, 0.3) is 0 Å². The summed E-state index contributed by atoms with van der Waals surface area (Å²) in [6, 6.07) is 10.0. The van der Waals surface area contributed by atoms with E-state index in [1.165, 1.54) is 0 Å². The van der Waals surface area contributed by atoms with Crippen molar-refractivity contribution < 1.29 is 0 Å². The van der Waals surface area contributed by atoms with Crippen molar-refractivity contribution in [2.24, 2.45) is 0 Å². The van der Waals surface area contributed by atoms with Gasteiger partial charge < -0.3 is 5.32 Å². The molecule has 0 unspecified atom stereocenters. The van der Waals surface area contributed by atoms with E-state index in [0.717, 1.165) is 11.3 Å². The van der Waals surface area contributed by atoms with E-state index in [-0.39, 0.29) is 0 Å². The lowest BCUT2D eigenvalue weighted by atomic mass is 10.2. The Balaban J connectivity index is 2.05. The predicted molar refractivity (Wildman–Crippen MR) is 71.1 cm³/mol. The molecule has 0 aliphatic carbocycles. The van der Waals surface area contributed by atoms with Gasteiger partial charge in [0.1, 0.15) is 6.07 Å². The van der Waals surface area contributed by atoms with Gasteiger partial charge in [-0.05, 0) is 26.0 Å². The van der Waals surface area contributed by atoms with E-state index in [9.17, 15) is 0 Å². The molecule has 0 bridgehead atoms. The molecule has 0 amide bonds. The van der Waals surface area contributed by atoms with Crippen LogP contribution in [0.4, 0.5) is 5.69 Å². The lowest BCUT2D eigenvalue weighted by Crippen LogP contribution is -2.02. The van der Waals surface area contributed by atoms with Crippen LogP contribution in [0.3, 0.4) is 0 Å². The van der Waals surface area contributed by atoms with Crippen molar-refractivity contribution in [3.05, 3.63) is 47.8 Å². The number of benzene rings is 1. The molecular formula is C14H16N4. The van der Waals surface area contributed by atoms with Gasteiger partial charge in [0, 0.05) is 24.3 Å². The number of nitrogens with one attached hydrogen (secondary N) is 1. The average Bonchev–Trinajstić information content (AvgIpc) is 2.85. The normalized spacial score (nSPS) is 10.3. The maximum Gasteiger partial charge on any atom is 0.101 e. The van der Waals surface area contributed by atoms with E-state index in [1.807, 2.05) is 35.3 Å². The molecule has 0 saturated carbocycles. The first kappa shape index (κ1) is 12.2. The van der Waals surface area contributed by atoms with Crippen LogP contribution < -0.4 is 5.32 Å². The number of anilines is 1. The number of rotatable bonds is 4. The van der Waals surface area contributed by atoms with E-state index in [2.05, 4.69) is 30.3 Å². The Bertz CT molecular complexity index is 563. The highest BCUT2D eigenvalue weighted by Gasteiger charge is 2.03. The summed E-state index contributed by atoms with van der Waals surface area (Å²) in [5, 5.41) is 16.5. The monoisotopic (exact) mass is 240 g/mol. The van der Waals surface area contributed by atoms with Gasteiger partial charge >= 0.3 is 0 Å². The van der Waals surface area contributed by atoms with Gasteiger partial charge in [0.05, 0.1) is 17.4 Å². The predicted octanol–water partition coefficient (Wildman–Crippen LogP) is 2.95. The Morgan fingerprint density at radius 1 is 1.39 bits per heavy atom. The molecule has 4 heteroatoms. The van der Waals surface area contributed by atoms with Crippen LogP contribution in [0.15, 0.2) is 36.7 Å². The molecule has 1 aromatic heterocycles. The standard InChI is InChI=1S/C14H16N4/c1-11(2)18-10-12(9-17-18)8-16-14-6-4-3-5-13(14)7-15/h3-6,9-11,16H,8H2,1-2H3. The minimum atomic E-state index is 0.366. The number of hydrogen-bond donors (Lipinski definition) is 1. The van der Waals surface area contributed by atoms with Crippen molar-refractivity contribution in [2.75, 3.05) is 5.32 Å². The molecule has 1 heterocycles. The number of nitrogens with zero attached hydrogens (tertiary/aromatic N) is 3. The largest absolute Gasteiger partial charge is 0.380 e. The molecular weight excluding hydrogens is 224 g/mol. The van der Waals surface area contributed by atoms with E-state index in [1.54, 1.807) is 6.07 Å². The topological polar surface area (TPSA) is 53.6 Å². The van der Waals surface area contributed by atoms with Crippen LogP contribution in [0, 0.1) is 11.3 Å². The minimum absolute atomic E-state index is 0.366. The molecule has 2 rings (SSSR count). The quantitative estimate of drug-likeness (QED) is 0.893. The highest BCUT2D eigenvalue weighted by molar-refractivity contribution is 5.57. The van der Waals surface area contributed by atoms with Crippen molar-refractivity contribution in [2.45, 2.75) is 26.4 Å². The summed E-state index contributed by atoms with van der Waals surface area (Å²) >= 11 is 0. The van der Waals surface area contributed by atoms with E-state index in [4.69, 9.17) is 5.26 Å². The second-order valence-corrected chi connectivity index (χ2v) is 4.43. The number of aromatic nitrogens is 2. The Morgan fingerprint density at radius 2 is 2.17 bits per heavy atom. The molecule has 18 heavy (non-hydrogen) atoms. The second-order valence-electron chi connectivity index (χ2n) is 4.43. The second kappa shape index (κ2) is 5.37. The van der Waals surface area contributed by atoms with Crippen molar-refractivity contribution in [1.82, 2.24) is 9.78 Å². The zero-order valence-electron chi connectivity index (χ0n) is 10.6. The molecule has 0 aliphatic heterocycles. The molecule has 2 aromatic rings. The molecule has 4 nitrogen and oxygen atoms in total. The van der Waals surface area contributed by atoms with Crippen LogP contribution in [-0.2, 0) is 6.54 Å². The Hall–Kier alpha value is -2.28. The summed E-state index contributed by atoms with van der Waals surface area (Å²) in [5.41, 5.74) is 2.63. The fourth-order valence-corrected chi connectivity index (χ4v) is 1.68. The van der Waals surface area contributed by atoms with Gasteiger partial charge in [0.15, 0.2) is 0 Å². The van der Waals surface area contributed by atoms with Gasteiger partial charge in [-0.25, -0.2) is 0 Å². The summed E-state index contributed by atoms with van der Waals surface area (Å²) in [6.45, 7) is 4.86. The fraction of sp³-hybridized carbons (Fsp3) is 0.286. The molecule has 0 saturated heterocycles. The first-order valence-electron chi connectivity index (χ1n) is 5.96. The van der Waals surface area contributed by atoms with Crippen molar-refractivity contribution in [1.29, 1.82) is 5.26 Å². The maximum atomic E-state index is 8.99. The number of para-hydroxylation sites is 1. The molecule has 1 N–H and O–H groups in total. The summed E-state index contributed by atoms with van der Waals surface area (Å²) in [7, 11) is 0. The molecule has 0 atom stereocenters. The maximum absolute atomic E-state index is 8.99. The molecule has 0 spiro atoms. The smallest absolute Gasteiger partial charge is 0.101 e. The van der Waals surface area contributed by atoms with Gasteiger partial charge in [0.25, 0.3) is 0 Å². The van der Waals surface area contributed by atoms with Gasteiger partial charge in [0.2, 0.25) is 0 Å². The lowest BCUT2D eigenvalue weighted by Gasteiger charge is -2.06. The van der Waals surface area contributed by atoms with E-state index < -0.39 is 0 Å². The van der Waals surface area contributed by atoms with Gasteiger partial charge in [-0.15, -0.1) is 0 Å². The molecule has 0 fully saturated rings. The van der Waals surface area contributed by atoms with Crippen LogP contribution >= 0.6 is 0 Å². The first-order valence-corrected chi connectivity index (χ1v) is 5.96. The minimum Gasteiger partial charge on any atom is -0.380 e. The lowest BCUT2D eigenvalue weighted by molar-refractivity contribution is 0.532. The zero-order valence-corrected chi connectivity index (χ0v) is 10.6.